The molecule has 0 spiro atoms. The van der Waals surface area contributed by atoms with Crippen LogP contribution >= 0.6 is 0 Å². The molecule has 1 aliphatic carbocycles. The summed E-state index contributed by atoms with van der Waals surface area (Å²) in [6, 6.07) is 10.4. The molecule has 130 valence electrons. The maximum atomic E-state index is 13.0. The van der Waals surface area contributed by atoms with Crippen molar-refractivity contribution in [1.29, 1.82) is 0 Å². The van der Waals surface area contributed by atoms with Gasteiger partial charge in [0.05, 0.1) is 11.6 Å². The van der Waals surface area contributed by atoms with E-state index in [0.717, 1.165) is 56.2 Å². The largest absolute Gasteiger partial charge is 0.361 e. The van der Waals surface area contributed by atoms with Crippen molar-refractivity contribution in [1.82, 2.24) is 10.1 Å². The second-order valence-electron chi connectivity index (χ2n) is 7.58. The molecule has 1 unspecified atom stereocenters. The minimum absolute atomic E-state index is 0.0981. The number of benzene rings is 1. The Bertz CT molecular complexity index is 796. The lowest BCUT2D eigenvalue weighted by Crippen LogP contribution is -2.36. The van der Waals surface area contributed by atoms with Crippen LogP contribution in [0.5, 0.6) is 0 Å². The zero-order chi connectivity index (χ0) is 16.8. The summed E-state index contributed by atoms with van der Waals surface area (Å²) in [5.74, 6) is 2.02. The summed E-state index contributed by atoms with van der Waals surface area (Å²) in [6.45, 7) is 3.39. The third-order valence-corrected chi connectivity index (χ3v) is 5.72. The van der Waals surface area contributed by atoms with Gasteiger partial charge in [-0.15, -0.1) is 0 Å². The molecule has 3 heterocycles. The van der Waals surface area contributed by atoms with Crippen LogP contribution in [0.4, 0.5) is 5.69 Å². The molecule has 1 aromatic carbocycles. The average molecular weight is 337 g/mol. The van der Waals surface area contributed by atoms with Crippen LogP contribution in [-0.4, -0.2) is 35.6 Å². The summed E-state index contributed by atoms with van der Waals surface area (Å²) in [5, 5.41) is 4.21. The van der Waals surface area contributed by atoms with Gasteiger partial charge in [-0.1, -0.05) is 23.4 Å². The standard InChI is InChI=1S/C20H23N3O2/c24-20(23-10-8-14-3-1-2-4-18(14)23)16-7-9-22(12-16)13-17-11-19(25-21-17)15-5-6-15/h1-4,11,15-16H,5-10,12-13H2. The lowest BCUT2D eigenvalue weighted by atomic mass is 10.1. The summed E-state index contributed by atoms with van der Waals surface area (Å²) >= 11 is 0. The zero-order valence-electron chi connectivity index (χ0n) is 14.4. The van der Waals surface area contributed by atoms with Crippen LogP contribution in [0.2, 0.25) is 0 Å². The number of hydrogen-bond donors (Lipinski definition) is 0. The van der Waals surface area contributed by atoms with Gasteiger partial charge in [0.15, 0.2) is 0 Å². The molecule has 1 atom stereocenters. The number of fused-ring (bicyclic) bond motifs is 1. The van der Waals surface area contributed by atoms with E-state index in [1.807, 2.05) is 11.0 Å². The molecule has 2 aromatic rings. The summed E-state index contributed by atoms with van der Waals surface area (Å²) in [7, 11) is 0. The Morgan fingerprint density at radius 2 is 2.08 bits per heavy atom. The zero-order valence-corrected chi connectivity index (χ0v) is 14.4. The molecule has 1 saturated heterocycles. The van der Waals surface area contributed by atoms with Crippen molar-refractivity contribution in [2.75, 3.05) is 24.5 Å². The van der Waals surface area contributed by atoms with E-state index in [1.54, 1.807) is 0 Å². The maximum Gasteiger partial charge on any atom is 0.231 e. The number of hydrogen-bond acceptors (Lipinski definition) is 4. The van der Waals surface area contributed by atoms with Crippen molar-refractivity contribution in [2.24, 2.45) is 5.92 Å². The first kappa shape index (κ1) is 15.1. The Kier molecular flexibility index (Phi) is 3.63. The number of likely N-dealkylation sites (tertiary alicyclic amines) is 1. The van der Waals surface area contributed by atoms with Crippen LogP contribution in [0, 0.1) is 5.92 Å². The van der Waals surface area contributed by atoms with Gasteiger partial charge >= 0.3 is 0 Å². The molecule has 2 aliphatic heterocycles. The van der Waals surface area contributed by atoms with E-state index in [1.165, 1.54) is 18.4 Å². The summed E-state index contributed by atoms with van der Waals surface area (Å²) in [4.78, 5) is 17.3. The number of para-hydroxylation sites is 1. The molecule has 5 nitrogen and oxygen atoms in total. The van der Waals surface area contributed by atoms with Crippen LogP contribution in [-0.2, 0) is 17.8 Å². The fourth-order valence-electron chi connectivity index (χ4n) is 4.16. The number of carbonyl (C=O) groups is 1. The molecular formula is C20H23N3O2. The Labute approximate surface area is 147 Å². The molecule has 1 aromatic heterocycles. The predicted molar refractivity (Wildman–Crippen MR) is 94.4 cm³/mol. The topological polar surface area (TPSA) is 49.6 Å². The number of anilines is 1. The molecule has 3 aliphatic rings. The maximum absolute atomic E-state index is 13.0. The summed E-state index contributed by atoms with van der Waals surface area (Å²) < 4.78 is 5.44. The fourth-order valence-corrected chi connectivity index (χ4v) is 4.16. The van der Waals surface area contributed by atoms with E-state index in [4.69, 9.17) is 4.52 Å². The first-order chi connectivity index (χ1) is 12.3. The van der Waals surface area contributed by atoms with E-state index in [2.05, 4.69) is 34.3 Å². The first-order valence-electron chi connectivity index (χ1n) is 9.35. The highest BCUT2D eigenvalue weighted by Gasteiger charge is 2.35. The van der Waals surface area contributed by atoms with E-state index < -0.39 is 0 Å². The Hall–Kier alpha value is -2.14. The molecule has 5 rings (SSSR count). The van der Waals surface area contributed by atoms with Crippen molar-refractivity contribution < 1.29 is 9.32 Å². The predicted octanol–water partition coefficient (Wildman–Crippen LogP) is 2.96. The lowest BCUT2D eigenvalue weighted by Gasteiger charge is -2.21. The van der Waals surface area contributed by atoms with Crippen molar-refractivity contribution in [3.05, 3.63) is 47.3 Å². The summed E-state index contributed by atoms with van der Waals surface area (Å²) in [5.41, 5.74) is 3.40. The van der Waals surface area contributed by atoms with Gasteiger partial charge in [-0.25, -0.2) is 0 Å². The Morgan fingerprint density at radius 1 is 1.20 bits per heavy atom. The third kappa shape index (κ3) is 2.86. The molecule has 0 bridgehead atoms. The van der Waals surface area contributed by atoms with Gasteiger partial charge in [0.2, 0.25) is 5.91 Å². The molecule has 1 amide bonds. The Balaban J connectivity index is 1.22. The first-order valence-corrected chi connectivity index (χ1v) is 9.35. The van der Waals surface area contributed by atoms with E-state index in [9.17, 15) is 4.79 Å². The van der Waals surface area contributed by atoms with E-state index >= 15 is 0 Å². The smallest absolute Gasteiger partial charge is 0.231 e. The van der Waals surface area contributed by atoms with Crippen LogP contribution in [0.3, 0.4) is 0 Å². The monoisotopic (exact) mass is 337 g/mol. The van der Waals surface area contributed by atoms with Gasteiger partial charge in [0.25, 0.3) is 0 Å². The highest BCUT2D eigenvalue weighted by molar-refractivity contribution is 5.97. The van der Waals surface area contributed by atoms with Crippen LogP contribution < -0.4 is 4.90 Å². The number of amides is 1. The van der Waals surface area contributed by atoms with Crippen LogP contribution in [0.1, 0.15) is 42.2 Å². The van der Waals surface area contributed by atoms with Crippen molar-refractivity contribution in [3.63, 3.8) is 0 Å². The molecule has 2 fully saturated rings. The summed E-state index contributed by atoms with van der Waals surface area (Å²) in [6.07, 6.45) is 4.37. The molecule has 0 radical (unpaired) electrons. The van der Waals surface area contributed by atoms with Crippen LogP contribution in [0.25, 0.3) is 0 Å². The number of carbonyl (C=O) groups excluding carboxylic acids is 1. The second-order valence-corrected chi connectivity index (χ2v) is 7.58. The Morgan fingerprint density at radius 3 is 2.96 bits per heavy atom. The van der Waals surface area contributed by atoms with Gasteiger partial charge in [0.1, 0.15) is 5.76 Å². The minimum atomic E-state index is 0.0981. The van der Waals surface area contributed by atoms with Gasteiger partial charge in [-0.05, 0) is 43.9 Å². The number of aromatic nitrogens is 1. The third-order valence-electron chi connectivity index (χ3n) is 5.72. The van der Waals surface area contributed by atoms with Crippen molar-refractivity contribution in [3.8, 4) is 0 Å². The van der Waals surface area contributed by atoms with E-state index in [0.29, 0.717) is 5.92 Å². The molecule has 1 saturated carbocycles. The molecule has 0 N–H and O–H groups in total. The highest BCUT2D eigenvalue weighted by atomic mass is 16.5. The fraction of sp³-hybridized carbons (Fsp3) is 0.500. The average Bonchev–Trinajstić information content (AvgIpc) is 3.05. The normalized spacial score (nSPS) is 23.2. The SMILES string of the molecule is O=C(C1CCN(Cc2cc(C3CC3)on2)C1)N1CCc2ccccc21. The number of rotatable bonds is 4. The highest BCUT2D eigenvalue weighted by Crippen LogP contribution is 2.40. The van der Waals surface area contributed by atoms with Crippen LogP contribution in [0.15, 0.2) is 34.9 Å². The molecular weight excluding hydrogens is 314 g/mol. The molecule has 25 heavy (non-hydrogen) atoms. The number of nitrogens with zero attached hydrogens (tertiary/aromatic N) is 3. The van der Waals surface area contributed by atoms with E-state index in [-0.39, 0.29) is 11.8 Å². The van der Waals surface area contributed by atoms with Crippen molar-refractivity contribution >= 4 is 11.6 Å². The van der Waals surface area contributed by atoms with Gasteiger partial charge in [-0.3, -0.25) is 9.69 Å². The lowest BCUT2D eigenvalue weighted by molar-refractivity contribution is -0.121. The second kappa shape index (κ2) is 5.99. The molecule has 5 heteroatoms. The van der Waals surface area contributed by atoms with Gasteiger partial charge in [0, 0.05) is 37.3 Å². The quantitative estimate of drug-likeness (QED) is 0.861. The van der Waals surface area contributed by atoms with Crippen molar-refractivity contribution in [2.45, 2.75) is 38.1 Å². The van der Waals surface area contributed by atoms with Gasteiger partial charge < -0.3 is 9.42 Å². The van der Waals surface area contributed by atoms with Gasteiger partial charge in [-0.2, -0.15) is 0 Å². The minimum Gasteiger partial charge on any atom is -0.361 e.